The van der Waals surface area contributed by atoms with Crippen LogP contribution in [0.15, 0.2) is 47.4 Å². The van der Waals surface area contributed by atoms with Crippen LogP contribution >= 0.6 is 0 Å². The number of hydrogen-bond donors (Lipinski definition) is 1. The van der Waals surface area contributed by atoms with Crippen molar-refractivity contribution in [2.75, 3.05) is 25.0 Å². The zero-order chi connectivity index (χ0) is 20.7. The summed E-state index contributed by atoms with van der Waals surface area (Å²) >= 11 is 0. The first-order valence-corrected chi connectivity index (χ1v) is 10.9. The molecule has 28 heavy (non-hydrogen) atoms. The Balaban J connectivity index is 2.33. The van der Waals surface area contributed by atoms with Gasteiger partial charge in [-0.3, -0.25) is 4.79 Å². The highest BCUT2D eigenvalue weighted by molar-refractivity contribution is 7.89. The van der Waals surface area contributed by atoms with Crippen molar-refractivity contribution in [2.24, 2.45) is 0 Å². The summed E-state index contributed by atoms with van der Waals surface area (Å²) in [6.07, 6.45) is 0.200. The van der Waals surface area contributed by atoms with Crippen molar-refractivity contribution in [3.05, 3.63) is 53.6 Å². The molecule has 0 saturated heterocycles. The second-order valence-electron chi connectivity index (χ2n) is 6.33. The highest BCUT2D eigenvalue weighted by atomic mass is 32.2. The third-order valence-corrected chi connectivity index (χ3v) is 6.53. The van der Waals surface area contributed by atoms with E-state index in [9.17, 15) is 13.2 Å². The van der Waals surface area contributed by atoms with Gasteiger partial charge >= 0.3 is 0 Å². The summed E-state index contributed by atoms with van der Waals surface area (Å²) in [6.45, 7) is 8.52. The van der Waals surface area contributed by atoms with Crippen LogP contribution in [0.1, 0.15) is 31.9 Å². The van der Waals surface area contributed by atoms with E-state index in [1.165, 1.54) is 16.4 Å². The van der Waals surface area contributed by atoms with Gasteiger partial charge in [0.1, 0.15) is 5.75 Å². The number of benzene rings is 2. The Morgan fingerprint density at radius 2 is 1.75 bits per heavy atom. The number of carbonyl (C=O) groups excluding carboxylic acids is 1. The van der Waals surface area contributed by atoms with Crippen molar-refractivity contribution in [3.8, 4) is 5.75 Å². The van der Waals surface area contributed by atoms with Crippen LogP contribution in [0.4, 0.5) is 5.69 Å². The molecule has 0 aromatic heterocycles. The molecule has 2 rings (SSSR count). The Morgan fingerprint density at radius 1 is 1.07 bits per heavy atom. The van der Waals surface area contributed by atoms with Crippen LogP contribution in [0.2, 0.25) is 0 Å². The molecule has 0 radical (unpaired) electrons. The predicted molar refractivity (Wildman–Crippen MR) is 111 cm³/mol. The lowest BCUT2D eigenvalue weighted by Gasteiger charge is -2.20. The summed E-state index contributed by atoms with van der Waals surface area (Å²) < 4.78 is 32.6. The van der Waals surface area contributed by atoms with E-state index < -0.39 is 10.0 Å². The van der Waals surface area contributed by atoms with E-state index in [2.05, 4.69) is 5.32 Å². The Morgan fingerprint density at radius 3 is 2.36 bits per heavy atom. The van der Waals surface area contributed by atoms with Crippen LogP contribution in [0.25, 0.3) is 0 Å². The lowest BCUT2D eigenvalue weighted by atomic mass is 10.1. The largest absolute Gasteiger partial charge is 0.492 e. The molecule has 0 aliphatic heterocycles. The van der Waals surface area contributed by atoms with Gasteiger partial charge in [-0.2, -0.15) is 4.31 Å². The van der Waals surface area contributed by atoms with E-state index in [0.29, 0.717) is 31.1 Å². The molecule has 7 heteroatoms. The van der Waals surface area contributed by atoms with Gasteiger partial charge in [-0.15, -0.1) is 0 Å². The SMILES string of the molecule is CCOc1ccc(S(=O)(=O)N(CC)CC)cc1NC(=O)Cc1ccccc1C. The highest BCUT2D eigenvalue weighted by Crippen LogP contribution is 2.29. The fourth-order valence-electron chi connectivity index (χ4n) is 2.94. The van der Waals surface area contributed by atoms with E-state index in [1.54, 1.807) is 19.9 Å². The molecule has 0 unspecified atom stereocenters. The van der Waals surface area contributed by atoms with Gasteiger partial charge in [0.2, 0.25) is 15.9 Å². The average molecular weight is 405 g/mol. The lowest BCUT2D eigenvalue weighted by Crippen LogP contribution is -2.30. The fourth-order valence-corrected chi connectivity index (χ4v) is 4.42. The van der Waals surface area contributed by atoms with Crippen molar-refractivity contribution in [2.45, 2.75) is 39.0 Å². The number of hydrogen-bond acceptors (Lipinski definition) is 4. The van der Waals surface area contributed by atoms with Crippen LogP contribution in [0.3, 0.4) is 0 Å². The number of rotatable bonds is 9. The minimum absolute atomic E-state index is 0.130. The van der Waals surface area contributed by atoms with Gasteiger partial charge in [-0.05, 0) is 43.2 Å². The molecule has 0 atom stereocenters. The van der Waals surface area contributed by atoms with Gasteiger partial charge in [0.15, 0.2) is 0 Å². The van der Waals surface area contributed by atoms with E-state index in [0.717, 1.165) is 11.1 Å². The molecular weight excluding hydrogens is 376 g/mol. The van der Waals surface area contributed by atoms with E-state index in [1.807, 2.05) is 38.1 Å². The second-order valence-corrected chi connectivity index (χ2v) is 8.27. The van der Waals surface area contributed by atoms with Crippen LogP contribution in [-0.2, 0) is 21.2 Å². The van der Waals surface area contributed by atoms with Crippen LogP contribution < -0.4 is 10.1 Å². The maximum atomic E-state index is 12.8. The molecule has 1 amide bonds. The molecule has 0 spiro atoms. The zero-order valence-electron chi connectivity index (χ0n) is 16.9. The number of ether oxygens (including phenoxy) is 1. The standard InChI is InChI=1S/C21H28N2O4S/c1-5-23(6-2)28(25,26)18-12-13-20(27-7-3)19(15-18)22-21(24)14-17-11-9-8-10-16(17)4/h8-13,15H,5-7,14H2,1-4H3,(H,22,24). The highest BCUT2D eigenvalue weighted by Gasteiger charge is 2.23. The Hall–Kier alpha value is -2.38. The molecular formula is C21H28N2O4S. The number of anilines is 1. The summed E-state index contributed by atoms with van der Waals surface area (Å²) in [6, 6.07) is 12.2. The fraction of sp³-hybridized carbons (Fsp3) is 0.381. The molecule has 6 nitrogen and oxygen atoms in total. The van der Waals surface area contributed by atoms with Gasteiger partial charge in [0.25, 0.3) is 0 Å². The third-order valence-electron chi connectivity index (χ3n) is 4.48. The molecule has 0 fully saturated rings. The average Bonchev–Trinajstić information content (AvgIpc) is 2.66. The molecule has 0 aliphatic rings. The van der Waals surface area contributed by atoms with Gasteiger partial charge in [0.05, 0.1) is 23.6 Å². The van der Waals surface area contributed by atoms with Crippen LogP contribution in [0, 0.1) is 6.92 Å². The Kier molecular flexibility index (Phi) is 7.60. The smallest absolute Gasteiger partial charge is 0.243 e. The molecule has 2 aromatic carbocycles. The third kappa shape index (κ3) is 5.11. The minimum Gasteiger partial charge on any atom is -0.492 e. The Bertz CT molecular complexity index is 922. The van der Waals surface area contributed by atoms with Gasteiger partial charge in [-0.1, -0.05) is 38.1 Å². The minimum atomic E-state index is -3.63. The topological polar surface area (TPSA) is 75.7 Å². The molecule has 1 N–H and O–H groups in total. The quantitative estimate of drug-likeness (QED) is 0.693. The van der Waals surface area contributed by atoms with Gasteiger partial charge < -0.3 is 10.1 Å². The summed E-state index contributed by atoms with van der Waals surface area (Å²) in [4.78, 5) is 12.7. The number of sulfonamides is 1. The van der Waals surface area contributed by atoms with E-state index in [-0.39, 0.29) is 17.2 Å². The molecule has 152 valence electrons. The molecule has 0 bridgehead atoms. The van der Waals surface area contributed by atoms with Crippen molar-refractivity contribution in [1.29, 1.82) is 0 Å². The normalized spacial score (nSPS) is 11.5. The molecule has 2 aromatic rings. The number of carbonyl (C=O) groups is 1. The van der Waals surface area contributed by atoms with Crippen molar-refractivity contribution < 1.29 is 17.9 Å². The molecule has 0 saturated carbocycles. The van der Waals surface area contributed by atoms with E-state index >= 15 is 0 Å². The summed E-state index contributed by atoms with van der Waals surface area (Å²) in [7, 11) is -3.63. The van der Waals surface area contributed by atoms with Gasteiger partial charge in [0, 0.05) is 13.1 Å². The maximum absolute atomic E-state index is 12.8. The predicted octanol–water partition coefficient (Wildman–Crippen LogP) is 3.61. The monoisotopic (exact) mass is 404 g/mol. The lowest BCUT2D eigenvalue weighted by molar-refractivity contribution is -0.115. The molecule has 0 aliphatic carbocycles. The number of nitrogens with zero attached hydrogens (tertiary/aromatic N) is 1. The number of aryl methyl sites for hydroxylation is 1. The summed E-state index contributed by atoms with van der Waals surface area (Å²) in [5.41, 5.74) is 2.30. The second kappa shape index (κ2) is 9.71. The zero-order valence-corrected chi connectivity index (χ0v) is 17.7. The van der Waals surface area contributed by atoms with Crippen LogP contribution in [-0.4, -0.2) is 38.3 Å². The van der Waals surface area contributed by atoms with Crippen molar-refractivity contribution in [3.63, 3.8) is 0 Å². The summed E-state index contributed by atoms with van der Waals surface area (Å²) in [5.74, 6) is 0.215. The van der Waals surface area contributed by atoms with Crippen molar-refractivity contribution in [1.82, 2.24) is 4.31 Å². The van der Waals surface area contributed by atoms with Crippen LogP contribution in [0.5, 0.6) is 5.75 Å². The first-order valence-electron chi connectivity index (χ1n) is 9.44. The first kappa shape index (κ1) is 21.9. The number of amides is 1. The van der Waals surface area contributed by atoms with E-state index in [4.69, 9.17) is 4.74 Å². The summed E-state index contributed by atoms with van der Waals surface area (Å²) in [5, 5.41) is 2.81. The maximum Gasteiger partial charge on any atom is 0.243 e. The molecule has 0 heterocycles. The van der Waals surface area contributed by atoms with Gasteiger partial charge in [-0.25, -0.2) is 8.42 Å². The first-order chi connectivity index (χ1) is 13.3. The number of nitrogens with one attached hydrogen (secondary N) is 1. The van der Waals surface area contributed by atoms with Crippen molar-refractivity contribution >= 4 is 21.6 Å². The Labute approximate surface area is 167 Å².